The lowest BCUT2D eigenvalue weighted by molar-refractivity contribution is -0.143. The van der Waals surface area contributed by atoms with Crippen LogP contribution in [0.4, 0.5) is 0 Å². The van der Waals surface area contributed by atoms with Gasteiger partial charge in [0.15, 0.2) is 0 Å². The summed E-state index contributed by atoms with van der Waals surface area (Å²) in [4.78, 5) is 13.9. The van der Waals surface area contributed by atoms with Gasteiger partial charge in [-0.05, 0) is 54.3 Å². The molecule has 5 heteroatoms. The molecular weight excluding hydrogens is 318 g/mol. The van der Waals surface area contributed by atoms with E-state index in [0.29, 0.717) is 11.7 Å². The van der Waals surface area contributed by atoms with Gasteiger partial charge in [0, 0.05) is 6.54 Å². The number of carboxylic acids is 1. The van der Waals surface area contributed by atoms with E-state index in [1.165, 1.54) is 5.56 Å². The van der Waals surface area contributed by atoms with Crippen LogP contribution in [0.25, 0.3) is 0 Å². The number of carbonyl (C=O) groups is 1. The van der Waals surface area contributed by atoms with E-state index in [-0.39, 0.29) is 0 Å². The summed E-state index contributed by atoms with van der Waals surface area (Å²) in [6.45, 7) is 1.48. The fourth-order valence-corrected chi connectivity index (χ4v) is 3.49. The third kappa shape index (κ3) is 3.77. The van der Waals surface area contributed by atoms with Crippen molar-refractivity contribution < 1.29 is 19.4 Å². The van der Waals surface area contributed by atoms with Crippen molar-refractivity contribution in [2.24, 2.45) is 0 Å². The molecule has 5 nitrogen and oxygen atoms in total. The average Bonchev–Trinajstić information content (AvgIpc) is 3.11. The maximum atomic E-state index is 11.9. The molecule has 2 aromatic rings. The maximum Gasteiger partial charge on any atom is 0.325 e. The minimum atomic E-state index is -0.830. The second-order valence-electron chi connectivity index (χ2n) is 6.27. The largest absolute Gasteiger partial charge is 0.497 e. The molecule has 2 unspecified atom stereocenters. The molecule has 2 atom stereocenters. The van der Waals surface area contributed by atoms with Crippen molar-refractivity contribution in [3.63, 3.8) is 0 Å². The van der Waals surface area contributed by atoms with Gasteiger partial charge in [-0.25, -0.2) is 0 Å². The molecule has 1 N–H and O–H groups in total. The van der Waals surface area contributed by atoms with Crippen molar-refractivity contribution in [1.82, 2.24) is 4.90 Å². The van der Waals surface area contributed by atoms with Gasteiger partial charge in [-0.3, -0.25) is 9.69 Å². The van der Waals surface area contributed by atoms with E-state index in [1.807, 2.05) is 35.2 Å². The van der Waals surface area contributed by atoms with Crippen LogP contribution >= 0.6 is 0 Å². The molecule has 0 spiro atoms. The smallest absolute Gasteiger partial charge is 0.325 e. The van der Waals surface area contributed by atoms with E-state index in [1.54, 1.807) is 20.3 Å². The molecule has 0 saturated carbocycles. The second kappa shape index (κ2) is 7.57. The van der Waals surface area contributed by atoms with Gasteiger partial charge < -0.3 is 14.6 Å². The summed E-state index contributed by atoms with van der Waals surface area (Å²) in [6, 6.07) is 14.7. The SMILES string of the molecule is COc1ccc(C2CCN(C(C(=O)O)c3cccc(OC)c3)C2)cc1. The molecule has 2 aromatic carbocycles. The fraction of sp³-hybridized carbons (Fsp3) is 0.350. The van der Waals surface area contributed by atoms with Crippen molar-refractivity contribution >= 4 is 5.97 Å². The zero-order valence-corrected chi connectivity index (χ0v) is 14.5. The quantitative estimate of drug-likeness (QED) is 0.873. The van der Waals surface area contributed by atoms with Crippen molar-refractivity contribution in [3.8, 4) is 11.5 Å². The highest BCUT2D eigenvalue weighted by molar-refractivity contribution is 5.75. The van der Waals surface area contributed by atoms with E-state index < -0.39 is 12.0 Å². The lowest BCUT2D eigenvalue weighted by Gasteiger charge is -2.25. The average molecular weight is 341 g/mol. The molecule has 0 radical (unpaired) electrons. The Labute approximate surface area is 147 Å². The Morgan fingerprint density at radius 3 is 2.48 bits per heavy atom. The summed E-state index contributed by atoms with van der Waals surface area (Å²) in [5, 5.41) is 9.78. The molecule has 0 bridgehead atoms. The highest BCUT2D eigenvalue weighted by Gasteiger charge is 2.34. The number of benzene rings is 2. The lowest BCUT2D eigenvalue weighted by Crippen LogP contribution is -2.32. The van der Waals surface area contributed by atoms with Gasteiger partial charge in [0.05, 0.1) is 14.2 Å². The van der Waals surface area contributed by atoms with Gasteiger partial charge >= 0.3 is 5.97 Å². The maximum absolute atomic E-state index is 11.9. The Morgan fingerprint density at radius 2 is 1.84 bits per heavy atom. The third-order valence-electron chi connectivity index (χ3n) is 4.82. The lowest BCUT2D eigenvalue weighted by atomic mass is 9.98. The van der Waals surface area contributed by atoms with Gasteiger partial charge in [0.25, 0.3) is 0 Å². The summed E-state index contributed by atoms with van der Waals surface area (Å²) >= 11 is 0. The van der Waals surface area contributed by atoms with Crippen molar-refractivity contribution in [3.05, 3.63) is 59.7 Å². The number of likely N-dealkylation sites (tertiary alicyclic amines) is 1. The Hall–Kier alpha value is -2.53. The van der Waals surface area contributed by atoms with E-state index in [0.717, 1.165) is 30.8 Å². The topological polar surface area (TPSA) is 59.0 Å². The highest BCUT2D eigenvalue weighted by atomic mass is 16.5. The van der Waals surface area contributed by atoms with Crippen LogP contribution in [0.2, 0.25) is 0 Å². The number of carboxylic acid groups (broad SMARTS) is 1. The second-order valence-corrected chi connectivity index (χ2v) is 6.27. The number of hydrogen-bond donors (Lipinski definition) is 1. The van der Waals surface area contributed by atoms with Crippen LogP contribution in [0.3, 0.4) is 0 Å². The molecule has 0 aromatic heterocycles. The molecule has 1 fully saturated rings. The minimum Gasteiger partial charge on any atom is -0.497 e. The van der Waals surface area contributed by atoms with Gasteiger partial charge in [-0.1, -0.05) is 24.3 Å². The van der Waals surface area contributed by atoms with Crippen molar-refractivity contribution in [1.29, 1.82) is 0 Å². The summed E-state index contributed by atoms with van der Waals surface area (Å²) in [7, 11) is 3.24. The van der Waals surface area contributed by atoms with Crippen molar-refractivity contribution in [2.75, 3.05) is 27.3 Å². The van der Waals surface area contributed by atoms with Gasteiger partial charge in [0.2, 0.25) is 0 Å². The van der Waals surface area contributed by atoms with Gasteiger partial charge in [-0.2, -0.15) is 0 Å². The van der Waals surface area contributed by atoms with Gasteiger partial charge in [-0.15, -0.1) is 0 Å². The first-order chi connectivity index (χ1) is 12.1. The first-order valence-electron chi connectivity index (χ1n) is 8.37. The van der Waals surface area contributed by atoms with Crippen LogP contribution < -0.4 is 9.47 Å². The Morgan fingerprint density at radius 1 is 1.12 bits per heavy atom. The molecule has 25 heavy (non-hydrogen) atoms. The van der Waals surface area contributed by atoms with E-state index in [4.69, 9.17) is 9.47 Å². The summed E-state index contributed by atoms with van der Waals surface area (Å²) in [6.07, 6.45) is 0.945. The normalized spacial score (nSPS) is 18.7. The van der Waals surface area contributed by atoms with Crippen LogP contribution in [0.15, 0.2) is 48.5 Å². The highest BCUT2D eigenvalue weighted by Crippen LogP contribution is 2.34. The van der Waals surface area contributed by atoms with Gasteiger partial charge in [0.1, 0.15) is 17.5 Å². The summed E-state index contributed by atoms with van der Waals surface area (Å²) in [5.74, 6) is 1.01. The molecule has 132 valence electrons. The molecule has 0 amide bonds. The Bertz CT molecular complexity index is 729. The van der Waals surface area contributed by atoms with Crippen LogP contribution in [0.1, 0.15) is 29.5 Å². The van der Waals surface area contributed by atoms with Crippen molar-refractivity contribution in [2.45, 2.75) is 18.4 Å². The molecule has 1 aliphatic heterocycles. The summed E-state index contributed by atoms with van der Waals surface area (Å²) < 4.78 is 10.4. The first kappa shape index (κ1) is 17.3. The van der Waals surface area contributed by atoms with E-state index in [2.05, 4.69) is 12.1 Å². The monoisotopic (exact) mass is 341 g/mol. The Balaban J connectivity index is 1.78. The number of methoxy groups -OCH3 is 2. The van der Waals surface area contributed by atoms with Crippen LogP contribution in [-0.4, -0.2) is 43.3 Å². The number of ether oxygens (including phenoxy) is 2. The third-order valence-corrected chi connectivity index (χ3v) is 4.82. The molecule has 1 aliphatic rings. The predicted octanol–water partition coefficient (Wildman–Crippen LogP) is 3.32. The Kier molecular flexibility index (Phi) is 5.24. The van der Waals surface area contributed by atoms with Crippen LogP contribution in [0.5, 0.6) is 11.5 Å². The molecule has 1 saturated heterocycles. The molecule has 3 rings (SSSR count). The molecular formula is C20H23NO4. The number of nitrogens with zero attached hydrogens (tertiary/aromatic N) is 1. The summed E-state index contributed by atoms with van der Waals surface area (Å²) in [5.41, 5.74) is 1.97. The first-order valence-corrected chi connectivity index (χ1v) is 8.37. The number of hydrogen-bond acceptors (Lipinski definition) is 4. The standard InChI is InChI=1S/C20H23NO4/c1-24-17-8-6-14(7-9-17)16-10-11-21(13-16)19(20(22)23)15-4-3-5-18(12-15)25-2/h3-9,12,16,19H,10-11,13H2,1-2H3,(H,22,23). The van der Waals surface area contributed by atoms with E-state index >= 15 is 0 Å². The fourth-order valence-electron chi connectivity index (χ4n) is 3.49. The zero-order valence-electron chi connectivity index (χ0n) is 14.5. The zero-order chi connectivity index (χ0) is 17.8. The number of rotatable bonds is 6. The van der Waals surface area contributed by atoms with E-state index in [9.17, 15) is 9.90 Å². The van der Waals surface area contributed by atoms with Crippen LogP contribution in [-0.2, 0) is 4.79 Å². The molecule has 1 heterocycles. The number of aliphatic carboxylic acids is 1. The van der Waals surface area contributed by atoms with Crippen LogP contribution in [0, 0.1) is 0 Å². The predicted molar refractivity (Wildman–Crippen MR) is 95.3 cm³/mol. The molecule has 0 aliphatic carbocycles. The minimum absolute atomic E-state index is 0.332.